The van der Waals surface area contributed by atoms with Gasteiger partial charge in [-0.25, -0.2) is 9.97 Å². The minimum Gasteiger partial charge on any atom is -0.375 e. The third kappa shape index (κ3) is 3.16. The lowest BCUT2D eigenvalue weighted by atomic mass is 9.88. The largest absolute Gasteiger partial charge is 0.375 e. The van der Waals surface area contributed by atoms with Gasteiger partial charge in [0.05, 0.1) is 29.7 Å². The number of pyridine rings is 2. The predicted molar refractivity (Wildman–Crippen MR) is 104 cm³/mol. The molecular formula is C21H23N5O2. The summed E-state index contributed by atoms with van der Waals surface area (Å²) in [7, 11) is 0. The number of ether oxygens (including phenoxy) is 1. The third-order valence-corrected chi connectivity index (χ3v) is 5.91. The van der Waals surface area contributed by atoms with E-state index in [0.717, 1.165) is 62.2 Å². The number of aromatic nitrogens is 4. The van der Waals surface area contributed by atoms with E-state index in [1.807, 2.05) is 33.7 Å². The fourth-order valence-corrected chi connectivity index (χ4v) is 4.30. The number of piperidine rings is 1. The Kier molecular flexibility index (Phi) is 4.31. The van der Waals surface area contributed by atoms with Crippen LogP contribution in [0.1, 0.15) is 41.7 Å². The lowest BCUT2D eigenvalue weighted by molar-refractivity contribution is -0.0387. The first kappa shape index (κ1) is 17.3. The van der Waals surface area contributed by atoms with E-state index in [9.17, 15) is 4.79 Å². The number of carbonyl (C=O) groups is 1. The van der Waals surface area contributed by atoms with Crippen LogP contribution in [0.4, 0.5) is 0 Å². The van der Waals surface area contributed by atoms with Gasteiger partial charge in [-0.05, 0) is 43.9 Å². The van der Waals surface area contributed by atoms with Gasteiger partial charge in [-0.2, -0.15) is 0 Å². The van der Waals surface area contributed by atoms with E-state index >= 15 is 0 Å². The van der Waals surface area contributed by atoms with Crippen molar-refractivity contribution in [3.63, 3.8) is 0 Å². The van der Waals surface area contributed by atoms with Crippen molar-refractivity contribution in [2.75, 3.05) is 19.7 Å². The Labute approximate surface area is 163 Å². The molecule has 0 unspecified atom stereocenters. The zero-order chi connectivity index (χ0) is 19.0. The molecule has 5 rings (SSSR count). The molecule has 144 valence electrons. The van der Waals surface area contributed by atoms with Crippen LogP contribution in [-0.2, 0) is 11.3 Å². The highest BCUT2D eigenvalue weighted by atomic mass is 16.5. The van der Waals surface area contributed by atoms with Gasteiger partial charge in [0.25, 0.3) is 5.91 Å². The van der Waals surface area contributed by atoms with Crippen molar-refractivity contribution in [1.29, 1.82) is 0 Å². The van der Waals surface area contributed by atoms with E-state index in [4.69, 9.17) is 4.74 Å². The maximum absolute atomic E-state index is 12.9. The first-order chi connectivity index (χ1) is 13.7. The highest BCUT2D eigenvalue weighted by Gasteiger charge is 2.39. The molecule has 0 aromatic carbocycles. The molecule has 1 spiro atoms. The molecule has 2 aliphatic rings. The van der Waals surface area contributed by atoms with Crippen LogP contribution in [0.15, 0.2) is 43.0 Å². The summed E-state index contributed by atoms with van der Waals surface area (Å²) in [6.45, 7) is 2.94. The van der Waals surface area contributed by atoms with Gasteiger partial charge in [-0.1, -0.05) is 6.07 Å². The molecule has 2 saturated heterocycles. The Bertz CT molecular complexity index is 984. The van der Waals surface area contributed by atoms with E-state index in [1.54, 1.807) is 18.7 Å². The number of hydrogen-bond acceptors (Lipinski definition) is 5. The highest BCUT2D eigenvalue weighted by Crippen LogP contribution is 2.35. The molecule has 0 bridgehead atoms. The quantitative estimate of drug-likeness (QED) is 0.702. The number of fused-ring (bicyclic) bond motifs is 1. The highest BCUT2D eigenvalue weighted by molar-refractivity contribution is 5.96. The lowest BCUT2D eigenvalue weighted by Crippen LogP contribution is -2.46. The summed E-state index contributed by atoms with van der Waals surface area (Å²) in [5.74, 6) is 0.0292. The van der Waals surface area contributed by atoms with Gasteiger partial charge < -0.3 is 14.2 Å². The van der Waals surface area contributed by atoms with Crippen LogP contribution in [0.2, 0.25) is 0 Å². The van der Waals surface area contributed by atoms with Crippen LogP contribution in [-0.4, -0.2) is 55.6 Å². The number of nitrogens with zero attached hydrogens (tertiary/aromatic N) is 5. The van der Waals surface area contributed by atoms with Gasteiger partial charge in [0.2, 0.25) is 0 Å². The van der Waals surface area contributed by atoms with E-state index < -0.39 is 0 Å². The van der Waals surface area contributed by atoms with Crippen LogP contribution < -0.4 is 0 Å². The van der Waals surface area contributed by atoms with Gasteiger partial charge in [0, 0.05) is 32.1 Å². The topological polar surface area (TPSA) is 73.1 Å². The van der Waals surface area contributed by atoms with Crippen molar-refractivity contribution in [2.45, 2.75) is 37.8 Å². The fraction of sp³-hybridized carbons (Fsp3) is 0.429. The third-order valence-electron chi connectivity index (χ3n) is 5.91. The summed E-state index contributed by atoms with van der Waals surface area (Å²) in [4.78, 5) is 28.2. The molecule has 0 N–H and O–H groups in total. The molecule has 0 radical (unpaired) electrons. The number of carbonyl (C=O) groups excluding carboxylic acids is 1. The fourth-order valence-electron chi connectivity index (χ4n) is 4.30. The maximum Gasteiger partial charge on any atom is 0.255 e. The van der Waals surface area contributed by atoms with Crippen LogP contribution >= 0.6 is 0 Å². The predicted octanol–water partition coefficient (Wildman–Crippen LogP) is 2.66. The first-order valence-corrected chi connectivity index (χ1v) is 9.87. The second-order valence-electron chi connectivity index (χ2n) is 7.69. The molecule has 5 heterocycles. The standard InChI is InChI=1S/C21H23N5O2/c27-20(25-9-6-21(7-10-25)5-3-11-28-21)16-12-18-19(23-13-16)26(15-24-18)14-17-4-1-2-8-22-17/h1-2,4,8,12-13,15H,3,5-7,9-11,14H2. The Hall–Kier alpha value is -2.80. The summed E-state index contributed by atoms with van der Waals surface area (Å²) in [5.41, 5.74) is 3.05. The summed E-state index contributed by atoms with van der Waals surface area (Å²) in [6, 6.07) is 7.68. The normalized spacial score (nSPS) is 18.8. The molecule has 0 aliphatic carbocycles. The first-order valence-electron chi connectivity index (χ1n) is 9.87. The minimum atomic E-state index is 0.0171. The number of hydrogen-bond donors (Lipinski definition) is 0. The molecule has 7 nitrogen and oxygen atoms in total. The maximum atomic E-state index is 12.9. The second kappa shape index (κ2) is 6.98. The van der Waals surface area contributed by atoms with E-state index in [0.29, 0.717) is 12.1 Å². The summed E-state index contributed by atoms with van der Waals surface area (Å²) < 4.78 is 7.91. The Morgan fingerprint density at radius 3 is 2.79 bits per heavy atom. The number of likely N-dealkylation sites (tertiary alicyclic amines) is 1. The molecule has 3 aromatic rings. The number of rotatable bonds is 3. The van der Waals surface area contributed by atoms with Crippen molar-refractivity contribution in [3.8, 4) is 0 Å². The SMILES string of the molecule is O=C(c1cnc2c(c1)ncn2Cc1ccccn1)N1CCC2(CCCO2)CC1. The Morgan fingerprint density at radius 1 is 1.14 bits per heavy atom. The summed E-state index contributed by atoms with van der Waals surface area (Å²) in [6.07, 6.45) is 9.30. The van der Waals surface area contributed by atoms with E-state index in [1.165, 1.54) is 0 Å². The molecule has 2 aliphatic heterocycles. The molecule has 1 amide bonds. The van der Waals surface area contributed by atoms with Crippen molar-refractivity contribution in [3.05, 3.63) is 54.2 Å². The molecule has 0 saturated carbocycles. The van der Waals surface area contributed by atoms with Gasteiger partial charge in [-0.15, -0.1) is 0 Å². The van der Waals surface area contributed by atoms with Crippen LogP contribution in [0, 0.1) is 0 Å². The van der Waals surface area contributed by atoms with Crippen LogP contribution in [0.5, 0.6) is 0 Å². The van der Waals surface area contributed by atoms with Crippen molar-refractivity contribution >= 4 is 17.1 Å². The summed E-state index contributed by atoms with van der Waals surface area (Å²) in [5, 5.41) is 0. The summed E-state index contributed by atoms with van der Waals surface area (Å²) >= 11 is 0. The lowest BCUT2D eigenvalue weighted by Gasteiger charge is -2.38. The zero-order valence-electron chi connectivity index (χ0n) is 15.8. The smallest absolute Gasteiger partial charge is 0.255 e. The van der Waals surface area contributed by atoms with Crippen molar-refractivity contribution in [1.82, 2.24) is 24.4 Å². The number of imidazole rings is 1. The molecule has 0 atom stereocenters. The average molecular weight is 377 g/mol. The molecule has 3 aromatic heterocycles. The zero-order valence-corrected chi connectivity index (χ0v) is 15.8. The van der Waals surface area contributed by atoms with Gasteiger partial charge >= 0.3 is 0 Å². The Balaban J connectivity index is 1.32. The Morgan fingerprint density at radius 2 is 2.04 bits per heavy atom. The van der Waals surface area contributed by atoms with Crippen molar-refractivity contribution < 1.29 is 9.53 Å². The van der Waals surface area contributed by atoms with Crippen LogP contribution in [0.3, 0.4) is 0 Å². The molecular weight excluding hydrogens is 354 g/mol. The van der Waals surface area contributed by atoms with Gasteiger partial charge in [0.1, 0.15) is 5.52 Å². The van der Waals surface area contributed by atoms with Gasteiger partial charge in [-0.3, -0.25) is 9.78 Å². The van der Waals surface area contributed by atoms with Crippen LogP contribution in [0.25, 0.3) is 11.2 Å². The van der Waals surface area contributed by atoms with E-state index in [-0.39, 0.29) is 11.5 Å². The minimum absolute atomic E-state index is 0.0171. The molecule has 28 heavy (non-hydrogen) atoms. The van der Waals surface area contributed by atoms with Crippen molar-refractivity contribution in [2.24, 2.45) is 0 Å². The molecule has 2 fully saturated rings. The molecule has 7 heteroatoms. The monoisotopic (exact) mass is 377 g/mol. The van der Waals surface area contributed by atoms with Gasteiger partial charge in [0.15, 0.2) is 5.65 Å². The number of amides is 1. The van der Waals surface area contributed by atoms with E-state index in [2.05, 4.69) is 15.0 Å². The average Bonchev–Trinajstić information content (AvgIpc) is 3.36. The second-order valence-corrected chi connectivity index (χ2v) is 7.69.